The topological polar surface area (TPSA) is 69.2 Å². The molecule has 0 aliphatic rings. The van der Waals surface area contributed by atoms with E-state index in [4.69, 9.17) is 5.73 Å². The summed E-state index contributed by atoms with van der Waals surface area (Å²) in [6, 6.07) is 14.8. The zero-order valence-corrected chi connectivity index (χ0v) is 10.4. The van der Waals surface area contributed by atoms with Crippen molar-refractivity contribution in [3.8, 4) is 0 Å². The Morgan fingerprint density at radius 2 is 1.89 bits per heavy atom. The van der Waals surface area contributed by atoms with Crippen LogP contribution in [0.25, 0.3) is 0 Å². The molecule has 0 unspecified atom stereocenters. The molecule has 0 aromatic heterocycles. The third kappa shape index (κ3) is 3.01. The Bertz CT molecular complexity index is 558. The summed E-state index contributed by atoms with van der Waals surface area (Å²) in [7, 11) is 0. The maximum absolute atomic E-state index is 10.6. The second-order valence-corrected chi connectivity index (χ2v) is 4.80. The first-order valence-electron chi connectivity index (χ1n) is 5.37. The van der Waals surface area contributed by atoms with E-state index in [0.29, 0.717) is 0 Å². The van der Waals surface area contributed by atoms with Crippen LogP contribution in [0.4, 0.5) is 11.4 Å². The molecule has 92 valence electrons. The molecule has 0 heterocycles. The summed E-state index contributed by atoms with van der Waals surface area (Å²) in [4.78, 5) is 11.3. The first kappa shape index (κ1) is 12.4. The van der Waals surface area contributed by atoms with Crippen LogP contribution in [0.1, 0.15) is 5.56 Å². The van der Waals surface area contributed by atoms with E-state index in [1.165, 1.54) is 6.07 Å². The number of anilines is 1. The third-order valence-electron chi connectivity index (χ3n) is 2.44. The monoisotopic (exact) mass is 260 g/mol. The van der Waals surface area contributed by atoms with Crippen LogP contribution >= 0.6 is 11.8 Å². The number of nitro groups is 1. The van der Waals surface area contributed by atoms with Gasteiger partial charge in [0.2, 0.25) is 0 Å². The lowest BCUT2D eigenvalue weighted by Gasteiger charge is -2.03. The lowest BCUT2D eigenvalue weighted by molar-refractivity contribution is -0.383. The quantitative estimate of drug-likeness (QED) is 0.395. The lowest BCUT2D eigenvalue weighted by Crippen LogP contribution is -1.96. The van der Waals surface area contributed by atoms with Gasteiger partial charge in [0, 0.05) is 16.7 Å². The van der Waals surface area contributed by atoms with Gasteiger partial charge in [0.05, 0.1) is 4.92 Å². The van der Waals surface area contributed by atoms with E-state index >= 15 is 0 Å². The molecule has 2 aromatic carbocycles. The maximum atomic E-state index is 10.6. The Balaban J connectivity index is 2.07. The van der Waals surface area contributed by atoms with Crippen LogP contribution in [0.5, 0.6) is 0 Å². The van der Waals surface area contributed by atoms with Crippen LogP contribution in [0.2, 0.25) is 0 Å². The van der Waals surface area contributed by atoms with E-state index in [1.54, 1.807) is 23.9 Å². The van der Waals surface area contributed by atoms with E-state index < -0.39 is 4.92 Å². The van der Waals surface area contributed by atoms with Crippen molar-refractivity contribution in [1.82, 2.24) is 0 Å². The van der Waals surface area contributed by atoms with Crippen LogP contribution in [0.3, 0.4) is 0 Å². The van der Waals surface area contributed by atoms with E-state index in [9.17, 15) is 10.1 Å². The molecule has 0 amide bonds. The number of hydrogen-bond acceptors (Lipinski definition) is 4. The van der Waals surface area contributed by atoms with Crippen molar-refractivity contribution < 1.29 is 4.92 Å². The summed E-state index contributed by atoms with van der Waals surface area (Å²) in [5, 5.41) is 10.6. The van der Waals surface area contributed by atoms with Gasteiger partial charge >= 0.3 is 0 Å². The molecule has 0 aliphatic heterocycles. The summed E-state index contributed by atoms with van der Waals surface area (Å²) in [6.45, 7) is 0. The number of nitro benzene ring substituents is 1. The molecule has 2 N–H and O–H groups in total. The van der Waals surface area contributed by atoms with Gasteiger partial charge in [-0.05, 0) is 23.8 Å². The molecule has 0 fully saturated rings. The zero-order valence-electron chi connectivity index (χ0n) is 9.58. The smallest absolute Gasteiger partial charge is 0.292 e. The van der Waals surface area contributed by atoms with Crippen molar-refractivity contribution in [1.29, 1.82) is 0 Å². The van der Waals surface area contributed by atoms with Gasteiger partial charge in [-0.3, -0.25) is 10.1 Å². The third-order valence-corrected chi connectivity index (χ3v) is 3.52. The van der Waals surface area contributed by atoms with Crippen molar-refractivity contribution in [2.24, 2.45) is 0 Å². The number of nitrogen functional groups attached to an aromatic ring is 1. The molecule has 0 atom stereocenters. The minimum Gasteiger partial charge on any atom is -0.393 e. The SMILES string of the molecule is Nc1cc(CSc2ccccc2)ccc1[N+](=O)[O-]. The number of thioether (sulfide) groups is 1. The first-order valence-corrected chi connectivity index (χ1v) is 6.36. The van der Waals surface area contributed by atoms with Gasteiger partial charge in [0.25, 0.3) is 5.69 Å². The summed E-state index contributed by atoms with van der Waals surface area (Å²) in [6.07, 6.45) is 0. The fraction of sp³-hybridized carbons (Fsp3) is 0.0769. The molecule has 0 spiro atoms. The average molecular weight is 260 g/mol. The van der Waals surface area contributed by atoms with Gasteiger partial charge < -0.3 is 5.73 Å². The molecular weight excluding hydrogens is 248 g/mol. The number of benzene rings is 2. The minimum atomic E-state index is -0.469. The molecule has 0 saturated heterocycles. The highest BCUT2D eigenvalue weighted by Crippen LogP contribution is 2.27. The average Bonchev–Trinajstić information content (AvgIpc) is 2.37. The van der Waals surface area contributed by atoms with Crippen molar-refractivity contribution in [3.63, 3.8) is 0 Å². The molecule has 4 nitrogen and oxygen atoms in total. The van der Waals surface area contributed by atoms with Gasteiger partial charge in [-0.15, -0.1) is 11.8 Å². The molecular formula is C13H12N2O2S. The Morgan fingerprint density at radius 1 is 1.17 bits per heavy atom. The number of nitrogens with two attached hydrogens (primary N) is 1. The summed E-state index contributed by atoms with van der Waals surface area (Å²) in [5.74, 6) is 0.742. The molecule has 0 bridgehead atoms. The maximum Gasteiger partial charge on any atom is 0.292 e. The van der Waals surface area contributed by atoms with Gasteiger partial charge in [0.15, 0.2) is 0 Å². The van der Waals surface area contributed by atoms with E-state index in [1.807, 2.05) is 30.3 Å². The fourth-order valence-electron chi connectivity index (χ4n) is 1.54. The molecule has 0 aliphatic carbocycles. The second kappa shape index (κ2) is 5.55. The Labute approximate surface area is 109 Å². The van der Waals surface area contributed by atoms with Crippen LogP contribution < -0.4 is 5.73 Å². The molecule has 18 heavy (non-hydrogen) atoms. The number of hydrogen-bond donors (Lipinski definition) is 1. The number of nitrogens with zero attached hydrogens (tertiary/aromatic N) is 1. The molecule has 2 aromatic rings. The molecule has 2 rings (SSSR count). The zero-order chi connectivity index (χ0) is 13.0. The highest BCUT2D eigenvalue weighted by atomic mass is 32.2. The van der Waals surface area contributed by atoms with Gasteiger partial charge in [0.1, 0.15) is 5.69 Å². The highest BCUT2D eigenvalue weighted by Gasteiger charge is 2.10. The van der Waals surface area contributed by atoms with Gasteiger partial charge in [-0.2, -0.15) is 0 Å². The largest absolute Gasteiger partial charge is 0.393 e. The van der Waals surface area contributed by atoms with Crippen LogP contribution in [0.15, 0.2) is 53.4 Å². The standard InChI is InChI=1S/C13H12N2O2S/c14-12-8-10(6-7-13(12)15(16)17)9-18-11-4-2-1-3-5-11/h1-8H,9,14H2. The van der Waals surface area contributed by atoms with Crippen molar-refractivity contribution in [2.45, 2.75) is 10.6 Å². The molecule has 0 radical (unpaired) electrons. The predicted molar refractivity (Wildman–Crippen MR) is 73.5 cm³/mol. The van der Waals surface area contributed by atoms with Crippen molar-refractivity contribution in [3.05, 3.63) is 64.2 Å². The van der Waals surface area contributed by atoms with Crippen molar-refractivity contribution in [2.75, 3.05) is 5.73 Å². The van der Waals surface area contributed by atoms with Crippen LogP contribution in [0, 0.1) is 10.1 Å². The van der Waals surface area contributed by atoms with Gasteiger partial charge in [-0.1, -0.05) is 24.3 Å². The highest BCUT2D eigenvalue weighted by molar-refractivity contribution is 7.98. The van der Waals surface area contributed by atoms with E-state index in [0.717, 1.165) is 16.2 Å². The van der Waals surface area contributed by atoms with Gasteiger partial charge in [-0.25, -0.2) is 0 Å². The Morgan fingerprint density at radius 3 is 2.50 bits per heavy atom. The van der Waals surface area contributed by atoms with E-state index in [2.05, 4.69) is 0 Å². The van der Waals surface area contributed by atoms with E-state index in [-0.39, 0.29) is 11.4 Å². The minimum absolute atomic E-state index is 0.0385. The molecule has 5 heteroatoms. The van der Waals surface area contributed by atoms with Crippen LogP contribution in [-0.4, -0.2) is 4.92 Å². The summed E-state index contributed by atoms with van der Waals surface area (Å²) >= 11 is 1.67. The fourth-order valence-corrected chi connectivity index (χ4v) is 2.41. The normalized spacial score (nSPS) is 10.2. The van der Waals surface area contributed by atoms with Crippen LogP contribution in [-0.2, 0) is 5.75 Å². The predicted octanol–water partition coefficient (Wildman–Crippen LogP) is 3.47. The molecule has 0 saturated carbocycles. The first-order chi connectivity index (χ1) is 8.66. The van der Waals surface area contributed by atoms with Crippen molar-refractivity contribution >= 4 is 23.1 Å². The number of rotatable bonds is 4. The lowest BCUT2D eigenvalue weighted by atomic mass is 10.2. The Kier molecular flexibility index (Phi) is 3.84. The second-order valence-electron chi connectivity index (χ2n) is 3.75. The Hall–Kier alpha value is -2.01. The summed E-state index contributed by atoms with van der Waals surface area (Å²) < 4.78 is 0. The summed E-state index contributed by atoms with van der Waals surface area (Å²) in [5.41, 5.74) is 6.79.